The first-order valence-electron chi connectivity index (χ1n) is 10.0. The lowest BCUT2D eigenvalue weighted by atomic mass is 9.96. The van der Waals surface area contributed by atoms with Gasteiger partial charge < -0.3 is 9.47 Å². The van der Waals surface area contributed by atoms with Crippen molar-refractivity contribution >= 4 is 39.3 Å². The minimum Gasteiger partial charge on any atom is -0.496 e. The molecule has 1 aliphatic rings. The van der Waals surface area contributed by atoms with Gasteiger partial charge in [0.15, 0.2) is 4.80 Å². The minimum atomic E-state index is -0.613. The van der Waals surface area contributed by atoms with Crippen LogP contribution in [-0.2, 0) is 9.53 Å². The first-order chi connectivity index (χ1) is 15.4. The third-order valence-electron chi connectivity index (χ3n) is 5.11. The molecule has 8 heteroatoms. The van der Waals surface area contributed by atoms with E-state index in [-0.39, 0.29) is 12.2 Å². The zero-order chi connectivity index (χ0) is 22.8. The third kappa shape index (κ3) is 4.08. The van der Waals surface area contributed by atoms with Gasteiger partial charge in [-0.3, -0.25) is 9.36 Å². The number of nitrogens with zero attached hydrogens (tertiary/aromatic N) is 2. The molecule has 0 N–H and O–H groups in total. The van der Waals surface area contributed by atoms with Crippen molar-refractivity contribution in [2.75, 3.05) is 13.7 Å². The summed E-state index contributed by atoms with van der Waals surface area (Å²) in [5.74, 6) is 0.188. The zero-order valence-electron chi connectivity index (χ0n) is 17.8. The molecule has 0 fully saturated rings. The Labute approximate surface area is 197 Å². The highest BCUT2D eigenvalue weighted by Crippen LogP contribution is 2.30. The predicted octanol–water partition coefficient (Wildman–Crippen LogP) is 3.57. The van der Waals surface area contributed by atoms with Gasteiger partial charge in [-0.05, 0) is 43.7 Å². The maximum Gasteiger partial charge on any atom is 0.338 e. The van der Waals surface area contributed by atoms with E-state index in [0.29, 0.717) is 26.4 Å². The van der Waals surface area contributed by atoms with Crippen LogP contribution < -0.4 is 19.6 Å². The van der Waals surface area contributed by atoms with Crippen molar-refractivity contribution < 1.29 is 14.3 Å². The van der Waals surface area contributed by atoms with Crippen LogP contribution in [0.15, 0.2) is 74.1 Å². The fourth-order valence-electron chi connectivity index (χ4n) is 3.70. The molecule has 6 nitrogen and oxygen atoms in total. The zero-order valence-corrected chi connectivity index (χ0v) is 20.2. The lowest BCUT2D eigenvalue weighted by molar-refractivity contribution is -0.139. The van der Waals surface area contributed by atoms with Crippen LogP contribution >= 0.6 is 27.3 Å². The molecule has 164 valence electrons. The van der Waals surface area contributed by atoms with E-state index in [1.807, 2.05) is 48.5 Å². The molecule has 0 aliphatic carbocycles. The number of thiazole rings is 1. The van der Waals surface area contributed by atoms with Crippen LogP contribution in [0.4, 0.5) is 0 Å². The number of halogens is 1. The SMILES string of the molecule is CCOC(=O)C1=C(C)N=c2sc(=Cc3cc(Br)ccc3OC)c(=O)n2C1c1ccccc1. The van der Waals surface area contributed by atoms with Crippen molar-refractivity contribution in [3.05, 3.63) is 95.1 Å². The number of benzene rings is 2. The third-order valence-corrected chi connectivity index (χ3v) is 6.59. The lowest BCUT2D eigenvalue weighted by Gasteiger charge is -2.24. The Morgan fingerprint density at radius 2 is 2.00 bits per heavy atom. The molecule has 0 saturated heterocycles. The average molecular weight is 513 g/mol. The highest BCUT2D eigenvalue weighted by molar-refractivity contribution is 9.10. The number of hydrogen-bond donors (Lipinski definition) is 0. The van der Waals surface area contributed by atoms with E-state index in [4.69, 9.17) is 9.47 Å². The molecule has 1 unspecified atom stereocenters. The molecule has 3 aromatic rings. The van der Waals surface area contributed by atoms with E-state index in [1.54, 1.807) is 31.6 Å². The molecule has 1 aliphatic heterocycles. The molecular formula is C24H21BrN2O4S. The Balaban J connectivity index is 1.97. The summed E-state index contributed by atoms with van der Waals surface area (Å²) in [5, 5.41) is 0. The standard InChI is InChI=1S/C24H21BrN2O4S/c1-4-31-23(29)20-14(2)26-24-27(21(20)15-8-6-5-7-9-15)22(28)19(32-24)13-16-12-17(25)10-11-18(16)30-3/h5-13,21H,4H2,1-3H3. The second-order valence-corrected chi connectivity index (χ2v) is 9.02. The highest BCUT2D eigenvalue weighted by atomic mass is 79.9. The largest absolute Gasteiger partial charge is 0.496 e. The topological polar surface area (TPSA) is 69.9 Å². The van der Waals surface area contributed by atoms with Gasteiger partial charge in [0.1, 0.15) is 5.75 Å². The van der Waals surface area contributed by atoms with Crippen LogP contribution in [0, 0.1) is 0 Å². The molecule has 0 bridgehead atoms. The van der Waals surface area contributed by atoms with Gasteiger partial charge in [0.2, 0.25) is 0 Å². The van der Waals surface area contributed by atoms with E-state index in [1.165, 1.54) is 11.3 Å². The summed E-state index contributed by atoms with van der Waals surface area (Å²) in [6.45, 7) is 3.77. The van der Waals surface area contributed by atoms with Gasteiger partial charge in [-0.15, -0.1) is 0 Å². The molecule has 4 rings (SSSR count). The number of carbonyl (C=O) groups is 1. The molecule has 32 heavy (non-hydrogen) atoms. The Kier molecular flexibility index (Phi) is 6.43. The molecule has 2 heterocycles. The van der Waals surface area contributed by atoms with Gasteiger partial charge in [-0.2, -0.15) is 0 Å². The van der Waals surface area contributed by atoms with E-state index in [2.05, 4.69) is 20.9 Å². The summed E-state index contributed by atoms with van der Waals surface area (Å²) < 4.78 is 13.7. The van der Waals surface area contributed by atoms with Gasteiger partial charge in [-0.1, -0.05) is 57.6 Å². The average Bonchev–Trinajstić information content (AvgIpc) is 3.08. The van der Waals surface area contributed by atoms with E-state index < -0.39 is 12.0 Å². The van der Waals surface area contributed by atoms with Crippen molar-refractivity contribution in [2.24, 2.45) is 4.99 Å². The van der Waals surface area contributed by atoms with E-state index >= 15 is 0 Å². The smallest absolute Gasteiger partial charge is 0.338 e. The van der Waals surface area contributed by atoms with Crippen molar-refractivity contribution in [3.63, 3.8) is 0 Å². The molecule has 2 aromatic carbocycles. The predicted molar refractivity (Wildman–Crippen MR) is 128 cm³/mol. The first kappa shape index (κ1) is 22.2. The molecule has 0 amide bonds. The van der Waals surface area contributed by atoms with Crippen molar-refractivity contribution in [2.45, 2.75) is 19.9 Å². The lowest BCUT2D eigenvalue weighted by Crippen LogP contribution is -2.39. The molecule has 1 atom stereocenters. The normalized spacial score (nSPS) is 15.9. The number of hydrogen-bond acceptors (Lipinski definition) is 6. The van der Waals surface area contributed by atoms with Crippen molar-refractivity contribution in [1.82, 2.24) is 4.57 Å². The molecule has 1 aromatic heterocycles. The maximum absolute atomic E-state index is 13.6. The van der Waals surface area contributed by atoms with E-state index in [0.717, 1.165) is 15.6 Å². The summed E-state index contributed by atoms with van der Waals surface area (Å²) in [6, 6.07) is 14.5. The van der Waals surface area contributed by atoms with Crippen LogP contribution in [0.3, 0.4) is 0 Å². The Morgan fingerprint density at radius 3 is 2.69 bits per heavy atom. The molecule has 0 saturated carbocycles. The summed E-state index contributed by atoms with van der Waals surface area (Å²) in [4.78, 5) is 31.6. The van der Waals surface area contributed by atoms with Gasteiger partial charge >= 0.3 is 5.97 Å². The Morgan fingerprint density at radius 1 is 1.25 bits per heavy atom. The number of rotatable bonds is 5. The van der Waals surface area contributed by atoms with Gasteiger partial charge in [0, 0.05) is 10.0 Å². The Hall–Kier alpha value is -2.97. The number of methoxy groups -OCH3 is 1. The number of esters is 1. The monoisotopic (exact) mass is 512 g/mol. The first-order valence-corrected chi connectivity index (χ1v) is 11.6. The second-order valence-electron chi connectivity index (χ2n) is 7.10. The van der Waals surface area contributed by atoms with Gasteiger partial charge in [-0.25, -0.2) is 9.79 Å². The quantitative estimate of drug-likeness (QED) is 0.490. The van der Waals surface area contributed by atoms with Crippen LogP contribution in [0.5, 0.6) is 5.75 Å². The number of fused-ring (bicyclic) bond motifs is 1. The molecule has 0 radical (unpaired) electrons. The fourth-order valence-corrected chi connectivity index (χ4v) is 5.12. The molecular weight excluding hydrogens is 492 g/mol. The second kappa shape index (κ2) is 9.26. The fraction of sp³-hybridized carbons (Fsp3) is 0.208. The van der Waals surface area contributed by atoms with Crippen molar-refractivity contribution in [3.8, 4) is 5.75 Å². The summed E-state index contributed by atoms with van der Waals surface area (Å²) >= 11 is 4.75. The maximum atomic E-state index is 13.6. The summed E-state index contributed by atoms with van der Waals surface area (Å²) in [6.07, 6.45) is 1.79. The number of aromatic nitrogens is 1. The van der Waals surface area contributed by atoms with Gasteiger partial charge in [0.25, 0.3) is 5.56 Å². The van der Waals surface area contributed by atoms with Crippen LogP contribution in [0.2, 0.25) is 0 Å². The van der Waals surface area contributed by atoms with Crippen molar-refractivity contribution in [1.29, 1.82) is 0 Å². The molecule has 0 spiro atoms. The van der Waals surface area contributed by atoms with Crippen LogP contribution in [0.25, 0.3) is 6.08 Å². The van der Waals surface area contributed by atoms with Crippen LogP contribution in [-0.4, -0.2) is 24.3 Å². The highest BCUT2D eigenvalue weighted by Gasteiger charge is 2.33. The summed E-state index contributed by atoms with van der Waals surface area (Å²) in [5.41, 5.74) is 2.28. The number of ether oxygens (including phenoxy) is 2. The number of allylic oxidation sites excluding steroid dienone is 1. The number of carbonyl (C=O) groups excluding carboxylic acids is 1. The summed E-state index contributed by atoms with van der Waals surface area (Å²) in [7, 11) is 1.59. The van der Waals surface area contributed by atoms with E-state index in [9.17, 15) is 9.59 Å². The van der Waals surface area contributed by atoms with Gasteiger partial charge in [0.05, 0.1) is 35.6 Å². The Bertz CT molecular complexity index is 1390. The minimum absolute atomic E-state index is 0.223. The van der Waals surface area contributed by atoms with Crippen LogP contribution in [0.1, 0.15) is 31.0 Å².